The van der Waals surface area contributed by atoms with Crippen LogP contribution in [0.5, 0.6) is 5.75 Å². The third-order valence-electron chi connectivity index (χ3n) is 3.27. The second-order valence-electron chi connectivity index (χ2n) is 4.50. The number of fused-ring (bicyclic) bond motifs is 3. The minimum absolute atomic E-state index is 0.122. The Hall–Kier alpha value is -2.29. The van der Waals surface area contributed by atoms with Gasteiger partial charge >= 0.3 is 0 Å². The average Bonchev–Trinajstić information content (AvgIpc) is 2.71. The average molecular weight is 239 g/mol. The first kappa shape index (κ1) is 10.8. The highest BCUT2D eigenvalue weighted by Gasteiger charge is 2.23. The van der Waals surface area contributed by atoms with Crippen molar-refractivity contribution in [3.05, 3.63) is 47.5 Å². The van der Waals surface area contributed by atoms with Gasteiger partial charge in [-0.3, -0.25) is 4.79 Å². The predicted octanol–water partition coefficient (Wildman–Crippen LogP) is 2.92. The molecular weight excluding hydrogens is 226 g/mol. The van der Waals surface area contributed by atoms with Crippen molar-refractivity contribution in [1.29, 1.82) is 0 Å². The standard InChI is InChI=1S/C15H13NO2/c1-9(17)16-15-13-8-10-4-2-3-5-11(10)12(13)6-7-14(15)18/h2-7,18H,8H2,1H3,(H,16,17). The Morgan fingerprint density at radius 1 is 1.17 bits per heavy atom. The van der Waals surface area contributed by atoms with Crippen molar-refractivity contribution in [2.75, 3.05) is 5.32 Å². The van der Waals surface area contributed by atoms with Gasteiger partial charge in [-0.2, -0.15) is 0 Å². The van der Waals surface area contributed by atoms with Crippen LogP contribution in [0.15, 0.2) is 36.4 Å². The maximum Gasteiger partial charge on any atom is 0.221 e. The third kappa shape index (κ3) is 1.56. The molecule has 0 saturated heterocycles. The Labute approximate surface area is 105 Å². The van der Waals surface area contributed by atoms with Crippen LogP contribution in [0.4, 0.5) is 5.69 Å². The molecule has 2 aromatic carbocycles. The fourth-order valence-electron chi connectivity index (χ4n) is 2.51. The zero-order valence-electron chi connectivity index (χ0n) is 10.0. The van der Waals surface area contributed by atoms with E-state index in [-0.39, 0.29) is 11.7 Å². The van der Waals surface area contributed by atoms with E-state index in [2.05, 4.69) is 17.4 Å². The van der Waals surface area contributed by atoms with E-state index in [0.717, 1.165) is 17.5 Å². The van der Waals surface area contributed by atoms with E-state index in [4.69, 9.17) is 0 Å². The van der Waals surface area contributed by atoms with E-state index in [0.29, 0.717) is 5.69 Å². The number of aromatic hydroxyl groups is 1. The molecule has 0 atom stereocenters. The summed E-state index contributed by atoms with van der Waals surface area (Å²) in [6, 6.07) is 11.7. The highest BCUT2D eigenvalue weighted by molar-refractivity contribution is 5.95. The molecule has 0 bridgehead atoms. The molecule has 0 spiro atoms. The molecule has 0 heterocycles. The highest BCUT2D eigenvalue weighted by Crippen LogP contribution is 2.43. The Kier molecular flexibility index (Phi) is 2.33. The number of hydrogen-bond acceptors (Lipinski definition) is 2. The lowest BCUT2D eigenvalue weighted by atomic mass is 10.0. The predicted molar refractivity (Wildman–Crippen MR) is 70.7 cm³/mol. The monoisotopic (exact) mass is 239 g/mol. The number of phenols is 1. The molecule has 2 N–H and O–H groups in total. The van der Waals surface area contributed by atoms with Gasteiger partial charge in [0.2, 0.25) is 5.91 Å². The van der Waals surface area contributed by atoms with Crippen LogP contribution < -0.4 is 5.32 Å². The molecule has 0 fully saturated rings. The van der Waals surface area contributed by atoms with E-state index in [1.165, 1.54) is 18.1 Å². The molecule has 1 aliphatic carbocycles. The zero-order chi connectivity index (χ0) is 12.7. The molecule has 0 radical (unpaired) electrons. The minimum Gasteiger partial charge on any atom is -0.506 e. The molecule has 0 saturated carbocycles. The maximum atomic E-state index is 11.2. The lowest BCUT2D eigenvalue weighted by Gasteiger charge is -2.11. The molecule has 3 nitrogen and oxygen atoms in total. The van der Waals surface area contributed by atoms with Gasteiger partial charge in [0, 0.05) is 13.3 Å². The molecule has 2 aromatic rings. The summed E-state index contributed by atoms with van der Waals surface area (Å²) in [5, 5.41) is 12.6. The van der Waals surface area contributed by atoms with Gasteiger partial charge in [0.1, 0.15) is 5.75 Å². The van der Waals surface area contributed by atoms with Crippen molar-refractivity contribution in [2.45, 2.75) is 13.3 Å². The summed E-state index contributed by atoms with van der Waals surface area (Å²) in [6.07, 6.45) is 0.746. The summed E-state index contributed by atoms with van der Waals surface area (Å²) in [6.45, 7) is 1.45. The first-order chi connectivity index (χ1) is 8.66. The lowest BCUT2D eigenvalue weighted by molar-refractivity contribution is -0.114. The molecule has 1 amide bonds. The first-order valence-corrected chi connectivity index (χ1v) is 5.87. The van der Waals surface area contributed by atoms with Crippen LogP contribution >= 0.6 is 0 Å². The number of anilines is 1. The van der Waals surface area contributed by atoms with Gasteiger partial charge in [-0.1, -0.05) is 30.3 Å². The Bertz CT molecular complexity index is 647. The topological polar surface area (TPSA) is 49.3 Å². The van der Waals surface area contributed by atoms with Crippen molar-refractivity contribution < 1.29 is 9.90 Å². The van der Waals surface area contributed by atoms with Gasteiger partial charge in [-0.05, 0) is 28.3 Å². The summed E-state index contributed by atoms with van der Waals surface area (Å²) in [7, 11) is 0. The normalized spacial score (nSPS) is 11.8. The smallest absolute Gasteiger partial charge is 0.221 e. The number of benzene rings is 2. The van der Waals surface area contributed by atoms with Crippen LogP contribution in [0.1, 0.15) is 18.1 Å². The van der Waals surface area contributed by atoms with E-state index in [1.54, 1.807) is 6.07 Å². The Morgan fingerprint density at radius 2 is 1.94 bits per heavy atom. The van der Waals surface area contributed by atoms with Crippen LogP contribution in [0.2, 0.25) is 0 Å². The molecule has 0 unspecified atom stereocenters. The lowest BCUT2D eigenvalue weighted by Crippen LogP contribution is -2.08. The van der Waals surface area contributed by atoms with Crippen molar-refractivity contribution >= 4 is 11.6 Å². The summed E-state index contributed by atoms with van der Waals surface area (Å²) in [4.78, 5) is 11.2. The van der Waals surface area contributed by atoms with Crippen LogP contribution in [-0.4, -0.2) is 11.0 Å². The summed E-state index contributed by atoms with van der Waals surface area (Å²) in [5.74, 6) is -0.0496. The van der Waals surface area contributed by atoms with Gasteiger partial charge in [-0.15, -0.1) is 0 Å². The molecule has 0 aromatic heterocycles. The summed E-state index contributed by atoms with van der Waals surface area (Å²) >= 11 is 0. The largest absolute Gasteiger partial charge is 0.506 e. The SMILES string of the molecule is CC(=O)Nc1c(O)ccc2c1Cc1ccccc1-2. The van der Waals surface area contributed by atoms with E-state index in [1.807, 2.05) is 18.2 Å². The first-order valence-electron chi connectivity index (χ1n) is 5.87. The second-order valence-corrected chi connectivity index (χ2v) is 4.50. The highest BCUT2D eigenvalue weighted by atomic mass is 16.3. The summed E-state index contributed by atoms with van der Waals surface area (Å²) in [5.41, 5.74) is 5.03. The third-order valence-corrected chi connectivity index (χ3v) is 3.27. The molecule has 1 aliphatic rings. The quantitative estimate of drug-likeness (QED) is 0.641. The van der Waals surface area contributed by atoms with Gasteiger partial charge in [-0.25, -0.2) is 0 Å². The van der Waals surface area contributed by atoms with Crippen molar-refractivity contribution in [3.8, 4) is 16.9 Å². The van der Waals surface area contributed by atoms with Crippen molar-refractivity contribution in [2.24, 2.45) is 0 Å². The Balaban J connectivity index is 2.19. The number of hydrogen-bond donors (Lipinski definition) is 2. The van der Waals surface area contributed by atoms with Crippen molar-refractivity contribution in [3.63, 3.8) is 0 Å². The van der Waals surface area contributed by atoms with E-state index in [9.17, 15) is 9.90 Å². The van der Waals surface area contributed by atoms with Crippen LogP contribution in [0.25, 0.3) is 11.1 Å². The van der Waals surface area contributed by atoms with E-state index >= 15 is 0 Å². The number of phenolic OH excluding ortho intramolecular Hbond substituents is 1. The Morgan fingerprint density at radius 3 is 2.72 bits per heavy atom. The van der Waals surface area contributed by atoms with Gasteiger partial charge < -0.3 is 10.4 Å². The number of rotatable bonds is 1. The fourth-order valence-corrected chi connectivity index (χ4v) is 2.51. The van der Waals surface area contributed by atoms with Crippen LogP contribution in [0.3, 0.4) is 0 Å². The molecular formula is C15H13NO2. The fraction of sp³-hybridized carbons (Fsp3) is 0.133. The van der Waals surface area contributed by atoms with Gasteiger partial charge in [0.25, 0.3) is 0 Å². The molecule has 18 heavy (non-hydrogen) atoms. The zero-order valence-corrected chi connectivity index (χ0v) is 10.0. The molecule has 3 heteroatoms. The van der Waals surface area contributed by atoms with Crippen LogP contribution in [-0.2, 0) is 11.2 Å². The van der Waals surface area contributed by atoms with Crippen molar-refractivity contribution in [1.82, 2.24) is 0 Å². The number of carbonyl (C=O) groups excluding carboxylic acids is 1. The molecule has 90 valence electrons. The number of carbonyl (C=O) groups is 1. The minimum atomic E-state index is -0.172. The summed E-state index contributed by atoms with van der Waals surface area (Å²) < 4.78 is 0. The molecule has 3 rings (SSSR count). The second kappa shape index (κ2) is 3.88. The van der Waals surface area contributed by atoms with Crippen LogP contribution in [0, 0.1) is 0 Å². The van der Waals surface area contributed by atoms with Gasteiger partial charge in [0.05, 0.1) is 5.69 Å². The number of nitrogens with one attached hydrogen (secondary N) is 1. The number of amides is 1. The molecule has 0 aliphatic heterocycles. The van der Waals surface area contributed by atoms with E-state index < -0.39 is 0 Å². The maximum absolute atomic E-state index is 11.2. The van der Waals surface area contributed by atoms with Gasteiger partial charge in [0.15, 0.2) is 0 Å².